The lowest BCUT2D eigenvalue weighted by Crippen LogP contribution is -2.42. The van der Waals surface area contributed by atoms with Gasteiger partial charge in [0.25, 0.3) is 11.8 Å². The third-order valence-electron chi connectivity index (χ3n) is 5.01. The van der Waals surface area contributed by atoms with Crippen LogP contribution in [0.1, 0.15) is 22.3 Å². The number of anilines is 1. The van der Waals surface area contributed by atoms with Gasteiger partial charge in [-0.15, -0.1) is 0 Å². The SMILES string of the molecule is CN=C(NCCCN1C(=O)COc2ccccc21)NCCc1cccc(C(=O)NC)c1. The zero-order valence-electron chi connectivity index (χ0n) is 18.0. The molecule has 0 radical (unpaired) electrons. The predicted octanol–water partition coefficient (Wildman–Crippen LogP) is 1.57. The molecule has 1 heterocycles. The third kappa shape index (κ3) is 5.97. The van der Waals surface area contributed by atoms with Crippen molar-refractivity contribution in [2.45, 2.75) is 12.8 Å². The molecule has 8 nitrogen and oxygen atoms in total. The number of ether oxygens (including phenoxy) is 1. The number of carbonyl (C=O) groups is 2. The van der Waals surface area contributed by atoms with Crippen LogP contribution in [0.5, 0.6) is 5.75 Å². The zero-order chi connectivity index (χ0) is 22.1. The van der Waals surface area contributed by atoms with Gasteiger partial charge in [0.05, 0.1) is 5.69 Å². The summed E-state index contributed by atoms with van der Waals surface area (Å²) in [4.78, 5) is 30.0. The summed E-state index contributed by atoms with van der Waals surface area (Å²) >= 11 is 0. The van der Waals surface area contributed by atoms with Crippen molar-refractivity contribution in [3.05, 3.63) is 59.7 Å². The topological polar surface area (TPSA) is 95.1 Å². The molecule has 0 bridgehead atoms. The van der Waals surface area contributed by atoms with Gasteiger partial charge in [0.1, 0.15) is 5.75 Å². The van der Waals surface area contributed by atoms with Crippen LogP contribution in [-0.4, -0.2) is 58.1 Å². The van der Waals surface area contributed by atoms with E-state index in [9.17, 15) is 9.59 Å². The Balaban J connectivity index is 1.41. The standard InChI is InChI=1S/C23H29N5O3/c1-24-22(30)18-8-5-7-17(15-18)11-13-27-23(25-2)26-12-6-14-28-19-9-3-4-10-20(19)31-16-21(28)29/h3-5,7-10,15H,6,11-14,16H2,1-2H3,(H,24,30)(H2,25,26,27). The summed E-state index contributed by atoms with van der Waals surface area (Å²) in [6.45, 7) is 2.05. The van der Waals surface area contributed by atoms with E-state index in [1.54, 1.807) is 25.1 Å². The number of benzene rings is 2. The molecule has 0 unspecified atom stereocenters. The molecule has 0 aliphatic carbocycles. The van der Waals surface area contributed by atoms with Gasteiger partial charge in [-0.2, -0.15) is 0 Å². The lowest BCUT2D eigenvalue weighted by atomic mass is 10.1. The molecule has 1 aliphatic rings. The first kappa shape index (κ1) is 22.1. The Labute approximate surface area is 182 Å². The van der Waals surface area contributed by atoms with Gasteiger partial charge in [0, 0.05) is 39.3 Å². The molecule has 0 fully saturated rings. The smallest absolute Gasteiger partial charge is 0.265 e. The van der Waals surface area contributed by atoms with Crippen LogP contribution in [0, 0.1) is 0 Å². The second-order valence-electron chi connectivity index (χ2n) is 7.11. The van der Waals surface area contributed by atoms with Crippen molar-refractivity contribution >= 4 is 23.5 Å². The Morgan fingerprint density at radius 3 is 2.74 bits per heavy atom. The molecular formula is C23H29N5O3. The van der Waals surface area contributed by atoms with Gasteiger partial charge >= 0.3 is 0 Å². The highest BCUT2D eigenvalue weighted by atomic mass is 16.5. The van der Waals surface area contributed by atoms with Gasteiger partial charge in [0.2, 0.25) is 0 Å². The Morgan fingerprint density at radius 1 is 1.13 bits per heavy atom. The first-order chi connectivity index (χ1) is 15.1. The summed E-state index contributed by atoms with van der Waals surface area (Å²) in [6.07, 6.45) is 1.54. The number of guanidine groups is 1. The molecule has 0 saturated heterocycles. The van der Waals surface area contributed by atoms with Crippen LogP contribution in [0.3, 0.4) is 0 Å². The summed E-state index contributed by atoms with van der Waals surface area (Å²) in [5, 5.41) is 9.20. The number of fused-ring (bicyclic) bond motifs is 1. The van der Waals surface area contributed by atoms with Gasteiger partial charge in [-0.3, -0.25) is 14.6 Å². The monoisotopic (exact) mass is 423 g/mol. The van der Waals surface area contributed by atoms with E-state index in [1.165, 1.54) is 0 Å². The number of carbonyl (C=O) groups excluding carboxylic acids is 2. The second-order valence-corrected chi connectivity index (χ2v) is 7.11. The van der Waals surface area contributed by atoms with Crippen molar-refractivity contribution in [2.75, 3.05) is 45.2 Å². The second kappa shape index (κ2) is 11.0. The molecule has 3 rings (SSSR count). The quantitative estimate of drug-likeness (QED) is 0.340. The average molecular weight is 424 g/mol. The number of amides is 2. The molecule has 0 aromatic heterocycles. The van der Waals surface area contributed by atoms with Crippen LogP contribution in [0.25, 0.3) is 0 Å². The normalized spacial score (nSPS) is 13.3. The van der Waals surface area contributed by atoms with E-state index in [4.69, 9.17) is 4.74 Å². The van der Waals surface area contributed by atoms with Crippen molar-refractivity contribution in [1.29, 1.82) is 0 Å². The van der Waals surface area contributed by atoms with Crippen molar-refractivity contribution in [1.82, 2.24) is 16.0 Å². The van der Waals surface area contributed by atoms with Gasteiger partial charge in [0.15, 0.2) is 12.6 Å². The van der Waals surface area contributed by atoms with E-state index in [0.29, 0.717) is 31.2 Å². The molecule has 0 saturated carbocycles. The number of para-hydroxylation sites is 2. The van der Waals surface area contributed by atoms with Crippen LogP contribution in [0.4, 0.5) is 5.69 Å². The first-order valence-electron chi connectivity index (χ1n) is 10.4. The summed E-state index contributed by atoms with van der Waals surface area (Å²) in [6, 6.07) is 15.2. The highest BCUT2D eigenvalue weighted by molar-refractivity contribution is 5.97. The molecule has 3 N–H and O–H groups in total. The molecule has 2 aromatic rings. The molecule has 31 heavy (non-hydrogen) atoms. The number of aliphatic imine (C=N–C) groups is 1. The van der Waals surface area contributed by atoms with E-state index in [2.05, 4.69) is 20.9 Å². The van der Waals surface area contributed by atoms with Gasteiger partial charge in [-0.1, -0.05) is 24.3 Å². The fourth-order valence-electron chi connectivity index (χ4n) is 3.40. The lowest BCUT2D eigenvalue weighted by molar-refractivity contribution is -0.121. The molecule has 8 heteroatoms. The third-order valence-corrected chi connectivity index (χ3v) is 5.01. The van der Waals surface area contributed by atoms with Crippen LogP contribution >= 0.6 is 0 Å². The Morgan fingerprint density at radius 2 is 1.94 bits per heavy atom. The number of nitrogens with one attached hydrogen (secondary N) is 3. The number of hydrogen-bond acceptors (Lipinski definition) is 4. The van der Waals surface area contributed by atoms with Crippen molar-refractivity contribution in [3.63, 3.8) is 0 Å². The fraction of sp³-hybridized carbons (Fsp3) is 0.348. The van der Waals surface area contributed by atoms with Crippen LogP contribution in [0.2, 0.25) is 0 Å². The van der Waals surface area contributed by atoms with Gasteiger partial charge < -0.3 is 25.6 Å². The Hall–Kier alpha value is -3.55. The molecule has 2 aromatic carbocycles. The van der Waals surface area contributed by atoms with Gasteiger partial charge in [-0.05, 0) is 42.7 Å². The lowest BCUT2D eigenvalue weighted by Gasteiger charge is -2.29. The van der Waals surface area contributed by atoms with Gasteiger partial charge in [-0.25, -0.2) is 0 Å². The summed E-state index contributed by atoms with van der Waals surface area (Å²) < 4.78 is 5.48. The number of rotatable bonds is 8. The van der Waals surface area contributed by atoms with E-state index in [0.717, 1.165) is 29.8 Å². The maximum atomic E-state index is 12.2. The number of hydrogen-bond donors (Lipinski definition) is 3. The molecular weight excluding hydrogens is 394 g/mol. The zero-order valence-corrected chi connectivity index (χ0v) is 18.0. The minimum absolute atomic E-state index is 0.0276. The Kier molecular flexibility index (Phi) is 7.86. The predicted molar refractivity (Wildman–Crippen MR) is 122 cm³/mol. The van der Waals surface area contributed by atoms with E-state index < -0.39 is 0 Å². The van der Waals surface area contributed by atoms with Crippen molar-refractivity contribution < 1.29 is 14.3 Å². The molecule has 0 spiro atoms. The summed E-state index contributed by atoms with van der Waals surface area (Å²) in [7, 11) is 3.35. The average Bonchev–Trinajstić information content (AvgIpc) is 2.81. The van der Waals surface area contributed by atoms with Crippen LogP contribution in [-0.2, 0) is 11.2 Å². The summed E-state index contributed by atoms with van der Waals surface area (Å²) in [5.74, 6) is 1.33. The highest BCUT2D eigenvalue weighted by Gasteiger charge is 2.24. The van der Waals surface area contributed by atoms with Crippen LogP contribution < -0.4 is 25.6 Å². The largest absolute Gasteiger partial charge is 0.482 e. The van der Waals surface area contributed by atoms with Crippen LogP contribution in [0.15, 0.2) is 53.5 Å². The van der Waals surface area contributed by atoms with Crippen molar-refractivity contribution in [3.8, 4) is 5.75 Å². The molecule has 2 amide bonds. The first-order valence-corrected chi connectivity index (χ1v) is 10.4. The van der Waals surface area contributed by atoms with E-state index in [-0.39, 0.29) is 18.4 Å². The summed E-state index contributed by atoms with van der Waals surface area (Å²) in [5.41, 5.74) is 2.55. The highest BCUT2D eigenvalue weighted by Crippen LogP contribution is 2.31. The van der Waals surface area contributed by atoms with E-state index in [1.807, 2.05) is 42.5 Å². The Bertz CT molecular complexity index is 944. The minimum atomic E-state index is -0.0892. The maximum Gasteiger partial charge on any atom is 0.265 e. The minimum Gasteiger partial charge on any atom is -0.482 e. The molecule has 0 atom stereocenters. The molecule has 1 aliphatic heterocycles. The maximum absolute atomic E-state index is 12.2. The molecule has 164 valence electrons. The van der Waals surface area contributed by atoms with E-state index >= 15 is 0 Å². The number of nitrogens with zero attached hydrogens (tertiary/aromatic N) is 2. The van der Waals surface area contributed by atoms with Crippen molar-refractivity contribution in [2.24, 2.45) is 4.99 Å². The fourth-order valence-corrected chi connectivity index (χ4v) is 3.40.